The van der Waals surface area contributed by atoms with Crippen molar-refractivity contribution in [1.82, 2.24) is 0 Å². The van der Waals surface area contributed by atoms with Crippen LogP contribution in [0.2, 0.25) is 0 Å². The van der Waals surface area contributed by atoms with Crippen LogP contribution in [0, 0.1) is 0 Å². The molecule has 0 saturated carbocycles. The highest BCUT2D eigenvalue weighted by atomic mass is 16.3. The van der Waals surface area contributed by atoms with Crippen molar-refractivity contribution in [2.75, 3.05) is 5.32 Å². The van der Waals surface area contributed by atoms with Gasteiger partial charge in [0.15, 0.2) is 0 Å². The summed E-state index contributed by atoms with van der Waals surface area (Å²) >= 11 is 0. The molecule has 4 heterocycles. The topological polar surface area (TPSA) is 51.5 Å². The Morgan fingerprint density at radius 2 is 0.621 bits per heavy atom. The number of hydrogen-bond acceptors (Lipinski definition) is 4. The van der Waals surface area contributed by atoms with Crippen LogP contribution in [0.1, 0.15) is 0 Å². The predicted octanol–water partition coefficient (Wildman–Crippen LogP) is 15.8. The maximum absolute atomic E-state index is 6.36. The summed E-state index contributed by atoms with van der Waals surface area (Å²) < 4.78 is 19.0. The maximum Gasteiger partial charge on any atom is 0.136 e. The molecule has 0 fully saturated rings. The van der Waals surface area contributed by atoms with E-state index in [2.05, 4.69) is 151 Å². The minimum atomic E-state index is 0.884. The molecule has 0 aliphatic carbocycles. The Morgan fingerprint density at radius 3 is 1.07 bits per heavy atom. The summed E-state index contributed by atoms with van der Waals surface area (Å²) in [6, 6.07) is 64.5. The lowest BCUT2D eigenvalue weighted by molar-refractivity contribution is 0.668. The third kappa shape index (κ3) is 4.51. The van der Waals surface area contributed by atoms with Gasteiger partial charge in [-0.05, 0) is 111 Å². The molecule has 58 heavy (non-hydrogen) atoms. The lowest BCUT2D eigenvalue weighted by Gasteiger charge is -2.15. The minimum absolute atomic E-state index is 0.884. The molecule has 1 aliphatic rings. The number of fused-ring (bicyclic) bond motifs is 14. The van der Waals surface area contributed by atoms with Crippen molar-refractivity contribution in [2.24, 2.45) is 0 Å². The van der Waals surface area contributed by atoms with Crippen LogP contribution in [0.4, 0.5) is 11.4 Å². The molecule has 0 unspecified atom stereocenters. The summed E-state index contributed by atoms with van der Waals surface area (Å²) in [5.74, 6) is 0. The Kier molecular flexibility index (Phi) is 6.41. The monoisotopic (exact) mass is 741 g/mol. The van der Waals surface area contributed by atoms with E-state index in [0.717, 1.165) is 133 Å². The van der Waals surface area contributed by atoms with Gasteiger partial charge in [-0.3, -0.25) is 0 Å². The molecule has 1 aliphatic heterocycles. The maximum atomic E-state index is 6.36. The first kappa shape index (κ1) is 31.4. The van der Waals surface area contributed by atoms with E-state index < -0.39 is 0 Å². The quantitative estimate of drug-likeness (QED) is 0.196. The van der Waals surface area contributed by atoms with E-state index in [0.29, 0.717) is 0 Å². The number of para-hydroxylation sites is 3. The van der Waals surface area contributed by atoms with Gasteiger partial charge in [-0.2, -0.15) is 0 Å². The lowest BCUT2D eigenvalue weighted by atomic mass is 9.87. The molecule has 0 radical (unpaired) electrons. The summed E-state index contributed by atoms with van der Waals surface area (Å²) in [7, 11) is 0. The zero-order valence-electron chi connectivity index (χ0n) is 31.0. The fraction of sp³-hybridized carbons (Fsp3) is 0. The van der Waals surface area contributed by atoms with E-state index in [9.17, 15) is 0 Å². The van der Waals surface area contributed by atoms with Gasteiger partial charge in [0.2, 0.25) is 0 Å². The molecule has 9 aromatic carbocycles. The summed E-state index contributed by atoms with van der Waals surface area (Å²) in [5.41, 5.74) is 18.8. The van der Waals surface area contributed by atoms with Crippen molar-refractivity contribution in [1.29, 1.82) is 0 Å². The van der Waals surface area contributed by atoms with E-state index >= 15 is 0 Å². The highest BCUT2D eigenvalue weighted by molar-refractivity contribution is 6.16. The van der Waals surface area contributed by atoms with Gasteiger partial charge in [0.25, 0.3) is 0 Å². The van der Waals surface area contributed by atoms with Gasteiger partial charge in [-0.25, -0.2) is 0 Å². The van der Waals surface area contributed by atoms with E-state index in [-0.39, 0.29) is 0 Å². The predicted molar refractivity (Wildman–Crippen MR) is 239 cm³/mol. The van der Waals surface area contributed by atoms with Crippen molar-refractivity contribution in [2.45, 2.75) is 0 Å². The fourth-order valence-corrected chi connectivity index (χ4v) is 9.45. The third-order valence-corrected chi connectivity index (χ3v) is 12.0. The van der Waals surface area contributed by atoms with E-state index in [1.165, 1.54) is 0 Å². The highest BCUT2D eigenvalue weighted by Gasteiger charge is 2.24. The van der Waals surface area contributed by atoms with Gasteiger partial charge in [-0.15, -0.1) is 0 Å². The summed E-state index contributed by atoms with van der Waals surface area (Å²) in [6.45, 7) is 0. The van der Waals surface area contributed by atoms with Gasteiger partial charge in [0, 0.05) is 54.8 Å². The molecule has 13 rings (SSSR count). The zero-order chi connectivity index (χ0) is 37.9. The first-order valence-electron chi connectivity index (χ1n) is 19.7. The first-order chi connectivity index (χ1) is 28.7. The summed E-state index contributed by atoms with van der Waals surface area (Å²) in [5, 5.41) is 10.6. The number of anilines is 2. The molecular weight excluding hydrogens is 711 g/mol. The number of rotatable bonds is 3. The Hall–Kier alpha value is -7.82. The molecule has 0 amide bonds. The average Bonchev–Trinajstić information content (AvgIpc) is 3.95. The van der Waals surface area contributed by atoms with Crippen LogP contribution in [0.5, 0.6) is 0 Å². The van der Waals surface area contributed by atoms with Crippen molar-refractivity contribution in [3.05, 3.63) is 182 Å². The Balaban J connectivity index is 1.06. The SMILES string of the molecule is c1ccc2c(c1)oc1cccc(-c3ccc4c(c3)-c3ccc(-c5cccc6oc7ccccc7c56)cc3-c3cc(-c5cccc6oc7ccccc7c56)ccc3N4)c12. The zero-order valence-corrected chi connectivity index (χ0v) is 31.0. The van der Waals surface area contributed by atoms with Crippen molar-refractivity contribution < 1.29 is 13.3 Å². The average molecular weight is 742 g/mol. The second kappa shape index (κ2) is 11.8. The number of benzene rings is 9. The number of nitrogens with one attached hydrogen (secondary N) is 1. The van der Waals surface area contributed by atoms with Gasteiger partial charge in [0.05, 0.1) is 0 Å². The Labute approximate surface area is 332 Å². The van der Waals surface area contributed by atoms with Crippen molar-refractivity contribution in [3.63, 3.8) is 0 Å². The number of furan rings is 3. The van der Waals surface area contributed by atoms with Gasteiger partial charge >= 0.3 is 0 Å². The minimum Gasteiger partial charge on any atom is -0.456 e. The van der Waals surface area contributed by atoms with Crippen LogP contribution in [0.25, 0.3) is 121 Å². The van der Waals surface area contributed by atoms with Crippen LogP contribution in [-0.2, 0) is 0 Å². The summed E-state index contributed by atoms with van der Waals surface area (Å²) in [6.07, 6.45) is 0. The normalized spacial score (nSPS) is 12.3. The Morgan fingerprint density at radius 1 is 0.259 bits per heavy atom. The molecule has 3 aromatic heterocycles. The molecular formula is C54H31NO3. The first-order valence-corrected chi connectivity index (χ1v) is 19.7. The van der Waals surface area contributed by atoms with E-state index in [1.807, 2.05) is 36.4 Å². The van der Waals surface area contributed by atoms with Gasteiger partial charge in [-0.1, -0.05) is 115 Å². The molecule has 0 bridgehead atoms. The van der Waals surface area contributed by atoms with Crippen LogP contribution in [0.3, 0.4) is 0 Å². The smallest absolute Gasteiger partial charge is 0.136 e. The largest absolute Gasteiger partial charge is 0.456 e. The summed E-state index contributed by atoms with van der Waals surface area (Å²) in [4.78, 5) is 0. The van der Waals surface area contributed by atoms with Crippen LogP contribution >= 0.6 is 0 Å². The fourth-order valence-electron chi connectivity index (χ4n) is 9.45. The van der Waals surface area contributed by atoms with Gasteiger partial charge < -0.3 is 18.6 Å². The van der Waals surface area contributed by atoms with Crippen LogP contribution in [0.15, 0.2) is 195 Å². The van der Waals surface area contributed by atoms with Gasteiger partial charge in [0.1, 0.15) is 33.5 Å². The lowest BCUT2D eigenvalue weighted by Crippen LogP contribution is -1.93. The standard InChI is InChI=1S/C54H31NO3/c1-4-16-46-38(10-1)52-34(13-7-19-49(52)56-46)31-22-25-37-41(28-31)43-30-33(36-15-9-21-51-54(36)40-12-3-6-18-48(40)58-51)24-27-45(43)55-44-26-23-32(29-42(37)44)35-14-8-20-50-53(35)39-11-2-5-17-47(39)57-50/h1-30,55H. The molecule has 0 saturated heterocycles. The molecule has 270 valence electrons. The molecule has 12 aromatic rings. The van der Waals surface area contributed by atoms with Crippen molar-refractivity contribution in [3.8, 4) is 55.6 Å². The van der Waals surface area contributed by atoms with E-state index in [4.69, 9.17) is 13.3 Å². The molecule has 4 nitrogen and oxygen atoms in total. The Bertz CT molecular complexity index is 3670. The molecule has 1 N–H and O–H groups in total. The van der Waals surface area contributed by atoms with E-state index in [1.54, 1.807) is 0 Å². The second-order valence-electron chi connectivity index (χ2n) is 15.2. The number of hydrogen-bond donors (Lipinski definition) is 1. The highest BCUT2D eigenvalue weighted by Crippen LogP contribution is 2.50. The van der Waals surface area contributed by atoms with Crippen molar-refractivity contribution >= 4 is 77.2 Å². The second-order valence-corrected chi connectivity index (χ2v) is 15.2. The molecule has 0 atom stereocenters. The molecule has 4 heteroatoms. The van der Waals surface area contributed by atoms with Crippen LogP contribution in [-0.4, -0.2) is 0 Å². The molecule has 0 spiro atoms. The third-order valence-electron chi connectivity index (χ3n) is 12.0. The van der Waals surface area contributed by atoms with Crippen LogP contribution < -0.4 is 5.32 Å².